The second kappa shape index (κ2) is 10.7. The topological polar surface area (TPSA) is 60.4 Å². The van der Waals surface area contributed by atoms with Crippen LogP contribution in [0.15, 0.2) is 66.7 Å². The molecule has 0 bridgehead atoms. The molecule has 0 saturated carbocycles. The Labute approximate surface area is 195 Å². The van der Waals surface area contributed by atoms with E-state index in [0.29, 0.717) is 35.0 Å². The molecule has 0 aromatic heterocycles. The van der Waals surface area contributed by atoms with E-state index >= 15 is 0 Å². The highest BCUT2D eigenvalue weighted by molar-refractivity contribution is 7.69. The van der Waals surface area contributed by atoms with Crippen molar-refractivity contribution in [2.45, 2.75) is 33.9 Å². The lowest BCUT2D eigenvalue weighted by Crippen LogP contribution is -2.17. The molecule has 170 valence electrons. The van der Waals surface area contributed by atoms with Crippen molar-refractivity contribution in [3.05, 3.63) is 106 Å². The van der Waals surface area contributed by atoms with Crippen LogP contribution in [0.3, 0.4) is 0 Å². The van der Waals surface area contributed by atoms with E-state index in [1.54, 1.807) is 12.1 Å². The minimum Gasteiger partial charge on any atom is -0.350 e. The highest BCUT2D eigenvalue weighted by atomic mass is 31.2. The number of carbonyl (C=O) groups is 2. The fourth-order valence-corrected chi connectivity index (χ4v) is 6.77. The van der Waals surface area contributed by atoms with Gasteiger partial charge in [0.25, 0.3) is 0 Å². The van der Waals surface area contributed by atoms with Crippen LogP contribution < -0.4 is 0 Å². The third-order valence-corrected chi connectivity index (χ3v) is 8.50. The molecule has 4 nitrogen and oxygen atoms in total. The van der Waals surface area contributed by atoms with Crippen LogP contribution in [0.1, 0.15) is 55.5 Å². The molecule has 5 heteroatoms. The first kappa shape index (κ1) is 24.6. The van der Waals surface area contributed by atoms with Gasteiger partial charge in [-0.15, -0.1) is 0 Å². The highest BCUT2D eigenvalue weighted by Gasteiger charge is 2.28. The molecule has 0 heterocycles. The van der Waals surface area contributed by atoms with Crippen molar-refractivity contribution in [3.8, 4) is 0 Å². The Kier molecular flexibility index (Phi) is 8.00. The van der Waals surface area contributed by atoms with E-state index in [1.807, 2.05) is 82.3 Å². The molecule has 0 saturated heterocycles. The zero-order valence-corrected chi connectivity index (χ0v) is 20.4. The Hall–Kier alpha value is -3.03. The summed E-state index contributed by atoms with van der Waals surface area (Å²) >= 11 is 0. The average Bonchev–Trinajstić information content (AvgIpc) is 2.80. The summed E-state index contributed by atoms with van der Waals surface area (Å²) in [7, 11) is -2.81. The van der Waals surface area contributed by atoms with E-state index in [-0.39, 0.29) is 17.7 Å². The monoisotopic (exact) mass is 460 g/mol. The van der Waals surface area contributed by atoms with Gasteiger partial charge in [-0.1, -0.05) is 66.7 Å². The summed E-state index contributed by atoms with van der Waals surface area (Å²) in [6.45, 7) is 7.71. The molecule has 3 aromatic carbocycles. The predicted molar refractivity (Wildman–Crippen MR) is 134 cm³/mol. The number of benzene rings is 3. The van der Waals surface area contributed by atoms with Gasteiger partial charge < -0.3 is 4.52 Å². The highest BCUT2D eigenvalue weighted by Crippen LogP contribution is 2.51. The molecule has 1 atom stereocenters. The first-order valence-electron chi connectivity index (χ1n) is 11.0. The van der Waals surface area contributed by atoms with Gasteiger partial charge in [0.2, 0.25) is 0 Å². The van der Waals surface area contributed by atoms with Crippen molar-refractivity contribution >= 4 is 24.3 Å². The molecule has 3 aromatic rings. The fraction of sp³-hybridized carbons (Fsp3) is 0.250. The number of Topliss-reactive ketones (excluding diaryl/α,β-unsaturated/α-hetero) is 1. The van der Waals surface area contributed by atoms with Crippen LogP contribution in [0.2, 0.25) is 0 Å². The summed E-state index contributed by atoms with van der Waals surface area (Å²) in [5.74, 6) is -0.301. The summed E-state index contributed by atoms with van der Waals surface area (Å²) in [6.07, 6.45) is 0.319. The van der Waals surface area contributed by atoms with Gasteiger partial charge in [-0.05, 0) is 49.9 Å². The van der Waals surface area contributed by atoms with Crippen LogP contribution in [-0.2, 0) is 15.5 Å². The number of ketones is 2. The normalized spacial score (nSPS) is 12.6. The molecule has 0 aliphatic rings. The molecule has 33 heavy (non-hydrogen) atoms. The zero-order valence-electron chi connectivity index (χ0n) is 19.6. The predicted octanol–water partition coefficient (Wildman–Crippen LogP) is 6.26. The Morgan fingerprint density at radius 2 is 1.45 bits per heavy atom. The van der Waals surface area contributed by atoms with Crippen LogP contribution in [-0.4, -0.2) is 30.0 Å². The van der Waals surface area contributed by atoms with Crippen molar-refractivity contribution in [1.29, 1.82) is 0 Å². The summed E-state index contributed by atoms with van der Waals surface area (Å²) in [4.78, 5) is 39.0. The lowest BCUT2D eigenvalue weighted by molar-refractivity contribution is 0.101. The van der Waals surface area contributed by atoms with Crippen LogP contribution in [0.5, 0.6) is 0 Å². The fourth-order valence-electron chi connectivity index (χ4n) is 4.37. The minimum atomic E-state index is -2.81. The first-order valence-corrected chi connectivity index (χ1v) is 13.1. The van der Waals surface area contributed by atoms with Gasteiger partial charge in [0, 0.05) is 29.5 Å². The smallest absolute Gasteiger partial charge is 0.193 e. The van der Waals surface area contributed by atoms with Crippen molar-refractivity contribution in [2.24, 2.45) is 0 Å². The lowest BCUT2D eigenvalue weighted by Gasteiger charge is -2.23. The van der Waals surface area contributed by atoms with Crippen LogP contribution in [0, 0.1) is 20.8 Å². The van der Waals surface area contributed by atoms with Crippen LogP contribution in [0.25, 0.3) is 0 Å². The molecule has 3 rings (SSSR count). The van der Waals surface area contributed by atoms with E-state index in [9.17, 15) is 14.4 Å². The van der Waals surface area contributed by atoms with E-state index in [2.05, 4.69) is 5.66 Å². The molecule has 0 N–H and O–H groups in total. The first-order chi connectivity index (χ1) is 15.8. The maximum atomic E-state index is 13.6. The van der Waals surface area contributed by atoms with Crippen molar-refractivity contribution in [3.63, 3.8) is 0 Å². The van der Waals surface area contributed by atoms with Crippen LogP contribution in [0.4, 0.5) is 0 Å². The minimum absolute atomic E-state index is 0.0387. The van der Waals surface area contributed by atoms with Gasteiger partial charge in [-0.2, -0.15) is 0 Å². The molecular formula is C28H29O4P. The second-order valence-electron chi connectivity index (χ2n) is 8.20. The Bertz CT molecular complexity index is 1240. The third kappa shape index (κ3) is 5.49. The molecule has 0 aliphatic heterocycles. The van der Waals surface area contributed by atoms with Gasteiger partial charge in [0.1, 0.15) is 12.8 Å². The number of hydrogen-bond acceptors (Lipinski definition) is 4. The third-order valence-electron chi connectivity index (χ3n) is 5.74. The number of hydrogen-bond donors (Lipinski definition) is 0. The van der Waals surface area contributed by atoms with E-state index in [0.717, 1.165) is 16.7 Å². The maximum Gasteiger partial charge on any atom is 0.193 e. The molecule has 0 amide bonds. The van der Waals surface area contributed by atoms with Gasteiger partial charge in [-0.3, -0.25) is 9.59 Å². The van der Waals surface area contributed by atoms with E-state index in [1.165, 1.54) is 0 Å². The molecule has 0 spiro atoms. The lowest BCUT2D eigenvalue weighted by atomic mass is 9.88. The number of carbonyl (C=O) groups excluding carboxylic acids is 3. The molecular weight excluding hydrogens is 431 g/mol. The van der Waals surface area contributed by atoms with Crippen molar-refractivity contribution in [2.75, 3.05) is 12.8 Å². The number of aryl methyl sites for hydroxylation is 2. The van der Waals surface area contributed by atoms with Crippen LogP contribution >= 0.6 is 7.11 Å². The summed E-state index contributed by atoms with van der Waals surface area (Å²) in [6, 6.07) is 20.5. The quantitative estimate of drug-likeness (QED) is 0.279. The second-order valence-corrected chi connectivity index (χ2v) is 11.1. The SMILES string of the molecule is CCOP(=C=O)(CC(=O)c1c(C)cc(C)c(C(=O)c2ccccc2)c1C)Cc1ccccc1. The summed E-state index contributed by atoms with van der Waals surface area (Å²) in [5, 5.41) is 0. The maximum absolute atomic E-state index is 13.6. The zero-order chi connectivity index (χ0) is 24.0. The summed E-state index contributed by atoms with van der Waals surface area (Å²) in [5.41, 5.74) is 6.94. The number of rotatable bonds is 9. The summed E-state index contributed by atoms with van der Waals surface area (Å²) < 4.78 is 5.93. The Balaban J connectivity index is 2.03. The van der Waals surface area contributed by atoms with Crippen molar-refractivity contribution < 1.29 is 18.9 Å². The van der Waals surface area contributed by atoms with E-state index in [4.69, 9.17) is 4.52 Å². The van der Waals surface area contributed by atoms with Gasteiger partial charge in [0.05, 0.1) is 6.16 Å². The molecule has 0 radical (unpaired) electrons. The standard InChI is InChI=1S/C28H29O4P/c1-5-32-33(19-29,17-23-12-8-6-9-13-23)18-25(30)26-20(2)16-21(3)27(22(26)4)28(31)24-14-10-7-11-15-24/h6-16H,5,17-18H2,1-4H3. The van der Waals surface area contributed by atoms with Gasteiger partial charge in [0.15, 0.2) is 11.6 Å². The molecule has 0 aliphatic carbocycles. The molecule has 1 unspecified atom stereocenters. The van der Waals surface area contributed by atoms with Gasteiger partial charge >= 0.3 is 0 Å². The van der Waals surface area contributed by atoms with E-state index < -0.39 is 7.11 Å². The Morgan fingerprint density at radius 3 is 2.03 bits per heavy atom. The van der Waals surface area contributed by atoms with Crippen molar-refractivity contribution in [1.82, 2.24) is 0 Å². The molecule has 0 fully saturated rings. The Morgan fingerprint density at radius 1 is 0.879 bits per heavy atom. The van der Waals surface area contributed by atoms with Gasteiger partial charge in [-0.25, -0.2) is 4.79 Å². The largest absolute Gasteiger partial charge is 0.350 e. The average molecular weight is 461 g/mol.